The molecular weight excluding hydrogens is 448 g/mol. The standard InChI is InChI=1S/7C3H6O.C3H8.4CH4/c7*1-3-2-4-3;1-3-2;;;;/h7*3H,2H2,1H3;3H2,1-2H3;4*1H4. The molecule has 7 fully saturated rings. The molecular formula is C28H66O7. The Balaban J connectivity index is -0.0000000966. The van der Waals surface area contributed by atoms with Gasteiger partial charge in [0.1, 0.15) is 0 Å². The van der Waals surface area contributed by atoms with Crippen LogP contribution in [0.25, 0.3) is 0 Å². The Morgan fingerprint density at radius 3 is 0.371 bits per heavy atom. The van der Waals surface area contributed by atoms with Crippen LogP contribution in [0.4, 0.5) is 0 Å². The van der Waals surface area contributed by atoms with Crippen LogP contribution in [-0.2, 0) is 33.2 Å². The second-order valence-electron chi connectivity index (χ2n) is 8.71. The van der Waals surface area contributed by atoms with Crippen molar-refractivity contribution in [2.45, 2.75) is 141 Å². The number of epoxide rings is 7. The van der Waals surface area contributed by atoms with Crippen LogP contribution in [0.2, 0.25) is 0 Å². The molecule has 0 saturated carbocycles. The zero-order valence-electron chi connectivity index (χ0n) is 21.6. The lowest BCUT2D eigenvalue weighted by Crippen LogP contribution is -1.60. The second-order valence-corrected chi connectivity index (χ2v) is 8.71. The third kappa shape index (κ3) is 79.0. The van der Waals surface area contributed by atoms with Gasteiger partial charge in [0.15, 0.2) is 0 Å². The topological polar surface area (TPSA) is 87.7 Å². The average Bonchev–Trinajstić information content (AvgIpc) is 3.45. The molecule has 7 heterocycles. The summed E-state index contributed by atoms with van der Waals surface area (Å²) >= 11 is 0. The van der Waals surface area contributed by atoms with E-state index in [1.807, 2.05) is 0 Å². The minimum absolute atomic E-state index is 0. The van der Waals surface area contributed by atoms with Crippen LogP contribution in [0.1, 0.15) is 98.4 Å². The molecule has 35 heavy (non-hydrogen) atoms. The van der Waals surface area contributed by atoms with Crippen LogP contribution in [0.5, 0.6) is 0 Å². The van der Waals surface area contributed by atoms with E-state index in [0.717, 1.165) is 46.2 Å². The van der Waals surface area contributed by atoms with E-state index in [-0.39, 0.29) is 29.7 Å². The van der Waals surface area contributed by atoms with Crippen molar-refractivity contribution in [1.29, 1.82) is 0 Å². The lowest BCUT2D eigenvalue weighted by molar-refractivity contribution is 0.423. The van der Waals surface area contributed by atoms with Gasteiger partial charge in [0.25, 0.3) is 0 Å². The maximum Gasteiger partial charge on any atom is 0.0781 e. The van der Waals surface area contributed by atoms with Crippen LogP contribution < -0.4 is 0 Å². The molecule has 0 aliphatic carbocycles. The first kappa shape index (κ1) is 44.7. The molecule has 0 amide bonds. The molecule has 0 bridgehead atoms. The highest BCUT2D eigenvalue weighted by molar-refractivity contribution is 4.60. The largest absolute Gasteiger partial charge is 0.373 e. The summed E-state index contributed by atoms with van der Waals surface area (Å²) in [5.74, 6) is 0. The lowest BCUT2D eigenvalue weighted by atomic mass is 10.6. The van der Waals surface area contributed by atoms with Crippen molar-refractivity contribution in [2.24, 2.45) is 0 Å². The zero-order chi connectivity index (χ0) is 23.6. The molecule has 7 nitrogen and oxygen atoms in total. The molecule has 7 atom stereocenters. The van der Waals surface area contributed by atoms with Crippen molar-refractivity contribution in [3.05, 3.63) is 0 Å². The molecule has 0 radical (unpaired) electrons. The van der Waals surface area contributed by atoms with Gasteiger partial charge in [0.2, 0.25) is 0 Å². The summed E-state index contributed by atoms with van der Waals surface area (Å²) in [6.45, 7) is 25.5. The maximum absolute atomic E-state index is 4.71. The lowest BCUT2D eigenvalue weighted by Gasteiger charge is -1.51. The third-order valence-electron chi connectivity index (χ3n) is 3.50. The van der Waals surface area contributed by atoms with E-state index in [4.69, 9.17) is 33.2 Å². The van der Waals surface area contributed by atoms with Gasteiger partial charge in [-0.05, 0) is 48.5 Å². The summed E-state index contributed by atoms with van der Waals surface area (Å²) in [6, 6.07) is 0. The van der Waals surface area contributed by atoms with Crippen molar-refractivity contribution in [3.63, 3.8) is 0 Å². The highest BCUT2D eigenvalue weighted by Crippen LogP contribution is 2.06. The molecule has 0 N–H and O–H groups in total. The molecule has 0 aromatic rings. The Hall–Kier alpha value is -0.280. The van der Waals surface area contributed by atoms with Crippen molar-refractivity contribution in [3.8, 4) is 0 Å². The number of ether oxygens (including phenoxy) is 7. The summed E-state index contributed by atoms with van der Waals surface area (Å²) in [5, 5.41) is 0. The van der Waals surface area contributed by atoms with Crippen molar-refractivity contribution in [1.82, 2.24) is 0 Å². The van der Waals surface area contributed by atoms with Crippen molar-refractivity contribution >= 4 is 0 Å². The molecule has 0 aromatic carbocycles. The zero-order valence-corrected chi connectivity index (χ0v) is 21.6. The Kier molecular flexibility index (Phi) is 36.1. The van der Waals surface area contributed by atoms with Gasteiger partial charge in [-0.1, -0.05) is 50.0 Å². The van der Waals surface area contributed by atoms with Gasteiger partial charge in [-0.3, -0.25) is 0 Å². The normalized spacial score (nSPS) is 32.3. The predicted octanol–water partition coefficient (Wildman–Crippen LogP) is 6.80. The number of hydrogen-bond donors (Lipinski definition) is 0. The highest BCUT2D eigenvalue weighted by Gasteiger charge is 2.15. The highest BCUT2D eigenvalue weighted by atomic mass is 16.6. The SMILES string of the molecule is C.C.C.C.CC1CO1.CC1CO1.CC1CO1.CC1CO1.CC1CO1.CC1CO1.CC1CO1.CCC. The number of rotatable bonds is 0. The van der Waals surface area contributed by atoms with E-state index in [0.29, 0.717) is 42.7 Å². The smallest absolute Gasteiger partial charge is 0.0781 e. The van der Waals surface area contributed by atoms with Crippen LogP contribution in [0.15, 0.2) is 0 Å². The molecule has 220 valence electrons. The first-order valence-electron chi connectivity index (χ1n) is 12.0. The van der Waals surface area contributed by atoms with Crippen LogP contribution in [0, 0.1) is 0 Å². The molecule has 7 unspecified atom stereocenters. The minimum Gasteiger partial charge on any atom is -0.373 e. The molecule has 0 aromatic heterocycles. The van der Waals surface area contributed by atoms with Gasteiger partial charge >= 0.3 is 0 Å². The first-order valence-corrected chi connectivity index (χ1v) is 12.0. The maximum atomic E-state index is 4.71. The van der Waals surface area contributed by atoms with E-state index >= 15 is 0 Å². The molecule has 7 heteroatoms. The fourth-order valence-corrected chi connectivity index (χ4v) is 0.674. The monoisotopic (exact) mass is 514 g/mol. The van der Waals surface area contributed by atoms with E-state index < -0.39 is 0 Å². The Morgan fingerprint density at radius 1 is 0.343 bits per heavy atom. The van der Waals surface area contributed by atoms with Crippen LogP contribution in [0.3, 0.4) is 0 Å². The van der Waals surface area contributed by atoms with Crippen LogP contribution >= 0.6 is 0 Å². The van der Waals surface area contributed by atoms with E-state index in [1.165, 1.54) is 6.42 Å². The minimum atomic E-state index is 0. The van der Waals surface area contributed by atoms with Crippen LogP contribution in [-0.4, -0.2) is 89.0 Å². The van der Waals surface area contributed by atoms with Gasteiger partial charge in [0.05, 0.1) is 89.0 Å². The molecule has 7 rings (SSSR count). The molecule has 7 aliphatic heterocycles. The Bertz CT molecular complexity index is 271. The first-order chi connectivity index (χ1) is 14.7. The Labute approximate surface area is 220 Å². The summed E-state index contributed by atoms with van der Waals surface area (Å²) < 4.78 is 33.0. The predicted molar refractivity (Wildman–Crippen MR) is 151 cm³/mol. The van der Waals surface area contributed by atoms with Gasteiger partial charge in [-0.25, -0.2) is 0 Å². The summed E-state index contributed by atoms with van der Waals surface area (Å²) in [7, 11) is 0. The molecule has 0 spiro atoms. The van der Waals surface area contributed by atoms with Gasteiger partial charge in [-0.15, -0.1) is 0 Å². The summed E-state index contributed by atoms with van der Waals surface area (Å²) in [6.07, 6.45) is 5.33. The van der Waals surface area contributed by atoms with Gasteiger partial charge in [0, 0.05) is 0 Å². The third-order valence-corrected chi connectivity index (χ3v) is 3.50. The fourth-order valence-electron chi connectivity index (χ4n) is 0.674. The van der Waals surface area contributed by atoms with Gasteiger partial charge < -0.3 is 33.2 Å². The quantitative estimate of drug-likeness (QED) is 0.329. The second kappa shape index (κ2) is 28.3. The average molecular weight is 515 g/mol. The van der Waals surface area contributed by atoms with Crippen molar-refractivity contribution in [2.75, 3.05) is 46.2 Å². The number of hydrogen-bond acceptors (Lipinski definition) is 7. The summed E-state index contributed by atoms with van der Waals surface area (Å²) in [4.78, 5) is 0. The van der Waals surface area contributed by atoms with E-state index in [9.17, 15) is 0 Å². The van der Waals surface area contributed by atoms with E-state index in [2.05, 4.69) is 62.3 Å². The fraction of sp³-hybridized carbons (Fsp3) is 1.00. The van der Waals surface area contributed by atoms with E-state index in [1.54, 1.807) is 0 Å². The molecule has 7 saturated heterocycles. The Morgan fingerprint density at radius 2 is 0.371 bits per heavy atom. The molecule has 7 aliphatic rings. The summed E-state index contributed by atoms with van der Waals surface area (Å²) in [5.41, 5.74) is 0. The van der Waals surface area contributed by atoms with Crippen molar-refractivity contribution < 1.29 is 33.2 Å². The van der Waals surface area contributed by atoms with Gasteiger partial charge in [-0.2, -0.15) is 0 Å².